The Labute approximate surface area is 177 Å². The summed E-state index contributed by atoms with van der Waals surface area (Å²) in [6.45, 7) is 5.04. The van der Waals surface area contributed by atoms with Crippen molar-refractivity contribution in [1.82, 2.24) is 14.8 Å². The number of fused-ring (bicyclic) bond motifs is 1. The van der Waals surface area contributed by atoms with Crippen LogP contribution in [0.1, 0.15) is 35.9 Å². The van der Waals surface area contributed by atoms with Crippen LogP contribution in [0.3, 0.4) is 0 Å². The fourth-order valence-corrected chi connectivity index (χ4v) is 3.68. The third-order valence-corrected chi connectivity index (χ3v) is 5.54. The number of rotatable bonds is 4. The van der Waals surface area contributed by atoms with Gasteiger partial charge in [0.15, 0.2) is 0 Å². The highest BCUT2D eigenvalue weighted by atomic mass is 19.4. The number of amides is 1. The average Bonchev–Trinajstić information content (AvgIpc) is 3.21. The van der Waals surface area contributed by atoms with Crippen molar-refractivity contribution in [1.29, 1.82) is 0 Å². The minimum atomic E-state index is -4.42. The molecule has 0 unspecified atom stereocenters. The van der Waals surface area contributed by atoms with Gasteiger partial charge < -0.3 is 9.80 Å². The molecule has 1 aromatic carbocycles. The fourth-order valence-electron chi connectivity index (χ4n) is 3.68. The summed E-state index contributed by atoms with van der Waals surface area (Å²) in [6, 6.07) is 8.24. The number of benzene rings is 1. The molecule has 3 heterocycles. The molecule has 2 aromatic heterocycles. The normalized spacial score (nSPS) is 16.4. The number of halogens is 3. The lowest BCUT2D eigenvalue weighted by Crippen LogP contribution is -2.42. The second-order valence-electron chi connectivity index (χ2n) is 7.58. The van der Waals surface area contributed by atoms with Gasteiger partial charge in [0.2, 0.25) is 0 Å². The van der Waals surface area contributed by atoms with Crippen molar-refractivity contribution in [3.8, 4) is 11.1 Å². The summed E-state index contributed by atoms with van der Waals surface area (Å²) in [4.78, 5) is 21.2. The zero-order valence-electron chi connectivity index (χ0n) is 17.4. The molecule has 0 radical (unpaired) electrons. The number of carbonyl (C=O) groups is 1. The number of pyridine rings is 1. The molecule has 3 aromatic rings. The van der Waals surface area contributed by atoms with Crippen molar-refractivity contribution in [3.05, 3.63) is 60.0 Å². The Morgan fingerprint density at radius 1 is 1.19 bits per heavy atom. The van der Waals surface area contributed by atoms with E-state index in [1.165, 1.54) is 17.0 Å². The standard InChI is InChI=1S/C22H22F3N5O/c1-4-28(3)19-11-15(9-10-26-19)18-12-27-30-14(2)13-29(21(31)20(18)30)17-7-5-16(6-8-17)22(23,24)25/h5-12,14H,4,13H2,1-3H3/t14-/m0/s1. The monoisotopic (exact) mass is 429 g/mol. The number of hydrogen-bond donors (Lipinski definition) is 0. The molecule has 31 heavy (non-hydrogen) atoms. The van der Waals surface area contributed by atoms with Gasteiger partial charge >= 0.3 is 6.18 Å². The van der Waals surface area contributed by atoms with Crippen LogP contribution < -0.4 is 9.80 Å². The lowest BCUT2D eigenvalue weighted by molar-refractivity contribution is -0.137. The smallest absolute Gasteiger partial charge is 0.360 e. The molecule has 162 valence electrons. The molecule has 0 N–H and O–H groups in total. The van der Waals surface area contributed by atoms with Gasteiger partial charge in [-0.25, -0.2) is 4.98 Å². The molecule has 0 saturated carbocycles. The predicted molar refractivity (Wildman–Crippen MR) is 112 cm³/mol. The quantitative estimate of drug-likeness (QED) is 0.606. The van der Waals surface area contributed by atoms with Crippen LogP contribution in [0.2, 0.25) is 0 Å². The van der Waals surface area contributed by atoms with Crippen molar-refractivity contribution >= 4 is 17.4 Å². The largest absolute Gasteiger partial charge is 0.416 e. The first-order valence-electron chi connectivity index (χ1n) is 9.95. The zero-order chi connectivity index (χ0) is 22.3. The van der Waals surface area contributed by atoms with Crippen molar-refractivity contribution in [2.75, 3.05) is 29.9 Å². The number of carbonyl (C=O) groups excluding carboxylic acids is 1. The van der Waals surface area contributed by atoms with E-state index in [-0.39, 0.29) is 11.9 Å². The van der Waals surface area contributed by atoms with Crippen molar-refractivity contribution in [3.63, 3.8) is 0 Å². The second-order valence-corrected chi connectivity index (χ2v) is 7.58. The summed E-state index contributed by atoms with van der Waals surface area (Å²) in [7, 11) is 1.93. The number of anilines is 2. The maximum atomic E-state index is 13.4. The van der Waals surface area contributed by atoms with Crippen molar-refractivity contribution in [2.24, 2.45) is 0 Å². The Balaban J connectivity index is 1.73. The van der Waals surface area contributed by atoms with Crippen LogP contribution in [0.5, 0.6) is 0 Å². The first-order chi connectivity index (χ1) is 14.7. The Hall–Kier alpha value is -3.36. The van der Waals surface area contributed by atoms with E-state index in [1.54, 1.807) is 17.1 Å². The van der Waals surface area contributed by atoms with Gasteiger partial charge in [0, 0.05) is 37.6 Å². The molecule has 1 amide bonds. The SMILES string of the molecule is CCN(C)c1cc(-c2cnn3c2C(=O)N(c2ccc(C(F)(F)F)cc2)C[C@@H]3C)ccn1. The van der Waals surface area contributed by atoms with E-state index in [4.69, 9.17) is 0 Å². The zero-order valence-corrected chi connectivity index (χ0v) is 17.4. The Morgan fingerprint density at radius 2 is 1.90 bits per heavy atom. The second kappa shape index (κ2) is 7.72. The Morgan fingerprint density at radius 3 is 2.55 bits per heavy atom. The van der Waals surface area contributed by atoms with Crippen LogP contribution in [0.25, 0.3) is 11.1 Å². The summed E-state index contributed by atoms with van der Waals surface area (Å²) in [6.07, 6.45) is -1.08. The van der Waals surface area contributed by atoms with Crippen LogP contribution in [0, 0.1) is 0 Å². The maximum absolute atomic E-state index is 13.4. The molecule has 0 spiro atoms. The molecule has 1 atom stereocenters. The van der Waals surface area contributed by atoms with E-state index < -0.39 is 11.7 Å². The molecule has 6 nitrogen and oxygen atoms in total. The van der Waals surface area contributed by atoms with Gasteiger partial charge in [-0.2, -0.15) is 18.3 Å². The molecule has 1 aliphatic heterocycles. The summed E-state index contributed by atoms with van der Waals surface area (Å²) in [5.74, 6) is 0.475. The van der Waals surface area contributed by atoms with E-state index >= 15 is 0 Å². The lowest BCUT2D eigenvalue weighted by atomic mass is 10.0. The van der Waals surface area contributed by atoms with E-state index in [0.717, 1.165) is 30.1 Å². The molecule has 0 aliphatic carbocycles. The highest BCUT2D eigenvalue weighted by Crippen LogP contribution is 2.35. The van der Waals surface area contributed by atoms with Crippen LogP contribution in [-0.4, -0.2) is 40.8 Å². The minimum Gasteiger partial charge on any atom is -0.360 e. The van der Waals surface area contributed by atoms with Gasteiger partial charge in [0.1, 0.15) is 11.5 Å². The summed E-state index contributed by atoms with van der Waals surface area (Å²) >= 11 is 0. The summed E-state index contributed by atoms with van der Waals surface area (Å²) in [5, 5.41) is 4.42. The number of nitrogens with zero attached hydrogens (tertiary/aromatic N) is 5. The van der Waals surface area contributed by atoms with Crippen molar-refractivity contribution in [2.45, 2.75) is 26.1 Å². The molecule has 9 heteroatoms. The first-order valence-corrected chi connectivity index (χ1v) is 9.95. The van der Waals surface area contributed by atoms with Crippen LogP contribution in [0.4, 0.5) is 24.7 Å². The van der Waals surface area contributed by atoms with Crippen LogP contribution in [0.15, 0.2) is 48.8 Å². The van der Waals surface area contributed by atoms with Gasteiger partial charge in [-0.05, 0) is 55.8 Å². The first kappa shape index (κ1) is 20.9. The van der Waals surface area contributed by atoms with E-state index in [0.29, 0.717) is 23.5 Å². The van der Waals surface area contributed by atoms with Crippen LogP contribution >= 0.6 is 0 Å². The molecule has 1 aliphatic rings. The number of hydrogen-bond acceptors (Lipinski definition) is 4. The highest BCUT2D eigenvalue weighted by molar-refractivity contribution is 6.09. The molecule has 0 bridgehead atoms. The molecular weight excluding hydrogens is 407 g/mol. The van der Waals surface area contributed by atoms with E-state index in [1.807, 2.05) is 37.9 Å². The molecule has 0 fully saturated rings. The highest BCUT2D eigenvalue weighted by Gasteiger charge is 2.35. The topological polar surface area (TPSA) is 54.3 Å². The Kier molecular flexibility index (Phi) is 5.20. The van der Waals surface area contributed by atoms with Gasteiger partial charge in [-0.3, -0.25) is 9.48 Å². The number of alkyl halides is 3. The maximum Gasteiger partial charge on any atom is 0.416 e. The predicted octanol–water partition coefficient (Wildman–Crippen LogP) is 4.64. The Bertz CT molecular complexity index is 1110. The average molecular weight is 429 g/mol. The van der Waals surface area contributed by atoms with Gasteiger partial charge in [0.25, 0.3) is 5.91 Å². The molecule has 4 rings (SSSR count). The van der Waals surface area contributed by atoms with Gasteiger partial charge in [0.05, 0.1) is 17.8 Å². The molecule has 0 saturated heterocycles. The summed E-state index contributed by atoms with van der Waals surface area (Å²) < 4.78 is 40.4. The van der Waals surface area contributed by atoms with Gasteiger partial charge in [-0.1, -0.05) is 0 Å². The van der Waals surface area contributed by atoms with Crippen molar-refractivity contribution < 1.29 is 18.0 Å². The van der Waals surface area contributed by atoms with E-state index in [9.17, 15) is 18.0 Å². The summed E-state index contributed by atoms with van der Waals surface area (Å²) in [5.41, 5.74) is 1.56. The van der Waals surface area contributed by atoms with Gasteiger partial charge in [-0.15, -0.1) is 0 Å². The third-order valence-electron chi connectivity index (χ3n) is 5.54. The van der Waals surface area contributed by atoms with Crippen LogP contribution in [-0.2, 0) is 6.18 Å². The van der Waals surface area contributed by atoms with E-state index in [2.05, 4.69) is 10.1 Å². The number of aromatic nitrogens is 3. The fraction of sp³-hybridized carbons (Fsp3) is 0.318. The molecular formula is C22H22F3N5O. The lowest BCUT2D eigenvalue weighted by Gasteiger charge is -2.32. The third kappa shape index (κ3) is 3.75. The minimum absolute atomic E-state index is 0.136.